The minimum atomic E-state index is -4.03. The molecular weight excluding hydrogens is 570 g/mol. The van der Waals surface area contributed by atoms with E-state index in [9.17, 15) is 18.9 Å². The third kappa shape index (κ3) is 12.4. The quantitative estimate of drug-likeness (QED) is 0.106. The number of benzene rings is 1. The van der Waals surface area contributed by atoms with Gasteiger partial charge < -0.3 is 23.8 Å². The van der Waals surface area contributed by atoms with E-state index >= 15 is 0 Å². The maximum atomic E-state index is 13.5. The summed E-state index contributed by atoms with van der Waals surface area (Å²) >= 11 is 2.10. The van der Waals surface area contributed by atoms with Crippen LogP contribution < -0.4 is 4.74 Å². The molecule has 1 rings (SSSR count). The number of rotatable bonds is 13. The summed E-state index contributed by atoms with van der Waals surface area (Å²) in [5.74, 6) is -2.76. The van der Waals surface area contributed by atoms with Crippen LogP contribution in [0.4, 0.5) is 4.79 Å². The normalized spacial score (nSPS) is 14.9. The predicted molar refractivity (Wildman–Crippen MR) is 127 cm³/mol. The summed E-state index contributed by atoms with van der Waals surface area (Å²) in [6.45, 7) is 7.82. The standard InChI is InChI=1S/C21H30IO10P/c1-13(2)28-21(26)29-15(5)32-33(27,31-14(3)4)12-16(6-11-19(23)24)20(25)30-18-9-7-17(22)8-10-18/h7-10,13-16H,6,11-12H2,1-5H3,(H,23,24). The number of carboxylic acids is 1. The fraction of sp³-hybridized carbons (Fsp3) is 0.571. The van der Waals surface area contributed by atoms with Crippen molar-refractivity contribution in [2.75, 3.05) is 6.16 Å². The molecule has 1 N–H and O–H groups in total. The zero-order valence-corrected chi connectivity index (χ0v) is 22.2. The van der Waals surface area contributed by atoms with Gasteiger partial charge in [0.05, 0.1) is 24.3 Å². The van der Waals surface area contributed by atoms with E-state index < -0.39 is 56.3 Å². The fourth-order valence-electron chi connectivity index (χ4n) is 2.59. The van der Waals surface area contributed by atoms with Crippen LogP contribution in [0, 0.1) is 9.49 Å². The molecule has 3 atom stereocenters. The highest BCUT2D eigenvalue weighted by Gasteiger charge is 2.37. The van der Waals surface area contributed by atoms with Crippen LogP contribution in [0.25, 0.3) is 0 Å². The van der Waals surface area contributed by atoms with Crippen molar-refractivity contribution in [2.24, 2.45) is 5.92 Å². The monoisotopic (exact) mass is 600 g/mol. The number of carbonyl (C=O) groups excluding carboxylic acids is 2. The first kappa shape index (κ1) is 29.3. The lowest BCUT2D eigenvalue weighted by Gasteiger charge is -2.26. The summed E-state index contributed by atoms with van der Waals surface area (Å²) in [6.07, 6.45) is -4.30. The molecule has 0 bridgehead atoms. The third-order valence-electron chi connectivity index (χ3n) is 3.79. The van der Waals surface area contributed by atoms with Crippen LogP contribution in [0.15, 0.2) is 24.3 Å². The van der Waals surface area contributed by atoms with E-state index in [1.807, 2.05) is 0 Å². The summed E-state index contributed by atoms with van der Waals surface area (Å²) in [7, 11) is -4.03. The molecule has 10 nitrogen and oxygen atoms in total. The molecule has 33 heavy (non-hydrogen) atoms. The van der Waals surface area contributed by atoms with Crippen molar-refractivity contribution in [2.45, 2.75) is 66.0 Å². The number of halogens is 1. The van der Waals surface area contributed by atoms with Gasteiger partial charge in [0.15, 0.2) is 0 Å². The van der Waals surface area contributed by atoms with Crippen LogP contribution in [0.1, 0.15) is 47.5 Å². The molecule has 0 saturated carbocycles. The van der Waals surface area contributed by atoms with Crippen LogP contribution in [-0.4, -0.2) is 47.9 Å². The molecule has 0 fully saturated rings. The van der Waals surface area contributed by atoms with Crippen molar-refractivity contribution in [3.05, 3.63) is 27.8 Å². The summed E-state index contributed by atoms with van der Waals surface area (Å²) in [5, 5.41) is 9.07. The van der Waals surface area contributed by atoms with Crippen molar-refractivity contribution in [1.82, 2.24) is 0 Å². The molecule has 0 aliphatic rings. The molecule has 0 aromatic heterocycles. The van der Waals surface area contributed by atoms with Gasteiger partial charge in [0.25, 0.3) is 0 Å². The molecule has 0 spiro atoms. The Morgan fingerprint density at radius 2 is 1.58 bits per heavy atom. The van der Waals surface area contributed by atoms with E-state index in [4.69, 9.17) is 28.4 Å². The van der Waals surface area contributed by atoms with Crippen molar-refractivity contribution in [3.63, 3.8) is 0 Å². The largest absolute Gasteiger partial charge is 0.510 e. The number of ether oxygens (including phenoxy) is 3. The Morgan fingerprint density at radius 3 is 2.09 bits per heavy atom. The minimum absolute atomic E-state index is 0.155. The van der Waals surface area contributed by atoms with Crippen LogP contribution >= 0.6 is 30.2 Å². The molecule has 1 aromatic rings. The van der Waals surface area contributed by atoms with E-state index in [1.165, 1.54) is 6.92 Å². The topological polar surface area (TPSA) is 135 Å². The Kier molecular flexibility index (Phi) is 12.3. The molecule has 0 heterocycles. The minimum Gasteiger partial charge on any atom is -0.481 e. The molecule has 1 aromatic carbocycles. The van der Waals surface area contributed by atoms with Crippen LogP contribution in [0.5, 0.6) is 5.75 Å². The van der Waals surface area contributed by atoms with E-state index in [-0.39, 0.29) is 18.6 Å². The molecule has 3 unspecified atom stereocenters. The number of aliphatic carboxylic acids is 1. The van der Waals surface area contributed by atoms with Crippen molar-refractivity contribution in [3.8, 4) is 5.75 Å². The SMILES string of the molecule is CC(C)OC(=O)OC(C)OP(=O)(CC(CCC(=O)O)C(=O)Oc1ccc(I)cc1)OC(C)C. The van der Waals surface area contributed by atoms with Gasteiger partial charge in [-0.25, -0.2) is 4.79 Å². The summed E-state index contributed by atoms with van der Waals surface area (Å²) in [5.41, 5.74) is 0. The molecule has 0 radical (unpaired) electrons. The van der Waals surface area contributed by atoms with Crippen LogP contribution in [0.2, 0.25) is 0 Å². The van der Waals surface area contributed by atoms with Gasteiger partial charge >= 0.3 is 25.7 Å². The van der Waals surface area contributed by atoms with Gasteiger partial charge in [0.1, 0.15) is 5.75 Å². The van der Waals surface area contributed by atoms with E-state index in [2.05, 4.69) is 22.6 Å². The van der Waals surface area contributed by atoms with Gasteiger partial charge in [-0.3, -0.25) is 18.7 Å². The Hall–Kier alpha value is -1.69. The summed E-state index contributed by atoms with van der Waals surface area (Å²) in [6, 6.07) is 6.65. The predicted octanol–water partition coefficient (Wildman–Crippen LogP) is 5.22. The third-order valence-corrected chi connectivity index (χ3v) is 6.76. The maximum absolute atomic E-state index is 13.5. The fourth-order valence-corrected chi connectivity index (χ4v) is 5.18. The van der Waals surface area contributed by atoms with E-state index in [0.717, 1.165) is 3.57 Å². The molecule has 0 saturated heterocycles. The average molecular weight is 600 g/mol. The molecule has 0 aliphatic heterocycles. The highest BCUT2D eigenvalue weighted by atomic mass is 127. The molecule has 0 amide bonds. The van der Waals surface area contributed by atoms with Gasteiger partial charge in [-0.1, -0.05) is 0 Å². The maximum Gasteiger partial charge on any atom is 0.510 e. The van der Waals surface area contributed by atoms with Crippen molar-refractivity contribution in [1.29, 1.82) is 0 Å². The zero-order valence-electron chi connectivity index (χ0n) is 19.2. The van der Waals surface area contributed by atoms with Gasteiger partial charge in [-0.05, 0) is 87.9 Å². The zero-order chi connectivity index (χ0) is 25.2. The average Bonchev–Trinajstić information content (AvgIpc) is 2.64. The van der Waals surface area contributed by atoms with Crippen molar-refractivity contribution >= 4 is 48.3 Å². The highest BCUT2D eigenvalue weighted by Crippen LogP contribution is 2.52. The second-order valence-corrected chi connectivity index (χ2v) is 10.9. The van der Waals surface area contributed by atoms with Crippen LogP contribution in [0.3, 0.4) is 0 Å². The molecule has 0 aliphatic carbocycles. The highest BCUT2D eigenvalue weighted by molar-refractivity contribution is 14.1. The number of esters is 1. The Morgan fingerprint density at radius 1 is 0.970 bits per heavy atom. The van der Waals surface area contributed by atoms with Crippen LogP contribution in [-0.2, 0) is 32.7 Å². The first-order valence-corrected chi connectivity index (χ1v) is 13.1. The van der Waals surface area contributed by atoms with E-state index in [1.54, 1.807) is 52.0 Å². The van der Waals surface area contributed by atoms with Gasteiger partial charge in [0.2, 0.25) is 6.29 Å². The van der Waals surface area contributed by atoms with Gasteiger partial charge in [-0.15, -0.1) is 0 Å². The first-order valence-electron chi connectivity index (χ1n) is 10.3. The summed E-state index contributed by atoms with van der Waals surface area (Å²) in [4.78, 5) is 35.6. The number of hydrogen-bond donors (Lipinski definition) is 1. The molecule has 12 heteroatoms. The lowest BCUT2D eigenvalue weighted by Crippen LogP contribution is -2.28. The number of hydrogen-bond acceptors (Lipinski definition) is 9. The van der Waals surface area contributed by atoms with Crippen molar-refractivity contribution < 1.29 is 47.3 Å². The first-order chi connectivity index (χ1) is 15.3. The van der Waals surface area contributed by atoms with Gasteiger partial charge in [0, 0.05) is 9.99 Å². The Labute approximate surface area is 206 Å². The second-order valence-electron chi connectivity index (χ2n) is 7.66. The van der Waals surface area contributed by atoms with Gasteiger partial charge in [-0.2, -0.15) is 0 Å². The second kappa shape index (κ2) is 13.9. The summed E-state index contributed by atoms with van der Waals surface area (Å²) < 4.78 is 40.4. The molecular formula is C21H30IO10P. The Bertz CT molecular complexity index is 840. The lowest BCUT2D eigenvalue weighted by molar-refractivity contribution is -0.140. The lowest BCUT2D eigenvalue weighted by atomic mass is 10.1. The Balaban J connectivity index is 3.02. The van der Waals surface area contributed by atoms with E-state index in [0.29, 0.717) is 0 Å². The molecule has 186 valence electrons. The number of carbonyl (C=O) groups is 3. The smallest absolute Gasteiger partial charge is 0.481 e. The number of carboxylic acid groups (broad SMARTS) is 1.